The number of rotatable bonds is 8. The number of aromatic nitrogens is 4. The fraction of sp³-hybridized carbons (Fsp3) is 0.500. The number of hydrogen-bond acceptors (Lipinski definition) is 8. The summed E-state index contributed by atoms with van der Waals surface area (Å²) >= 11 is 0. The Morgan fingerprint density at radius 3 is 2.81 bits per heavy atom. The van der Waals surface area contributed by atoms with Gasteiger partial charge in [0.15, 0.2) is 15.7 Å². The molecule has 4 heterocycles. The van der Waals surface area contributed by atoms with Crippen LogP contribution in [0.3, 0.4) is 0 Å². The highest BCUT2D eigenvalue weighted by Gasteiger charge is 2.25. The van der Waals surface area contributed by atoms with Crippen LogP contribution in [0.1, 0.15) is 31.7 Å². The summed E-state index contributed by atoms with van der Waals surface area (Å²) in [5.74, 6) is 1.10. The van der Waals surface area contributed by atoms with Crippen LogP contribution in [-0.4, -0.2) is 67.0 Å². The fourth-order valence-electron chi connectivity index (χ4n) is 3.92. The average molecular weight is 459 g/mol. The summed E-state index contributed by atoms with van der Waals surface area (Å²) < 4.78 is 30.3. The molecule has 1 atom stereocenters. The van der Waals surface area contributed by atoms with Gasteiger partial charge >= 0.3 is 0 Å². The molecular formula is C22H30N6O3S. The van der Waals surface area contributed by atoms with E-state index in [0.29, 0.717) is 43.5 Å². The maximum absolute atomic E-state index is 12.3. The van der Waals surface area contributed by atoms with Gasteiger partial charge in [-0.15, -0.1) is 0 Å². The van der Waals surface area contributed by atoms with Crippen molar-refractivity contribution >= 4 is 26.7 Å². The van der Waals surface area contributed by atoms with Crippen LogP contribution in [0.4, 0.5) is 5.82 Å². The first-order valence-electron chi connectivity index (χ1n) is 11.0. The minimum atomic E-state index is -3.24. The lowest BCUT2D eigenvalue weighted by Crippen LogP contribution is -2.45. The van der Waals surface area contributed by atoms with Gasteiger partial charge in [-0.1, -0.05) is 13.8 Å². The number of H-pyrrole nitrogens is 1. The van der Waals surface area contributed by atoms with Crippen molar-refractivity contribution in [1.82, 2.24) is 25.3 Å². The summed E-state index contributed by atoms with van der Waals surface area (Å²) in [4.78, 5) is 19.7. The minimum Gasteiger partial charge on any atom is -0.377 e. The topological polar surface area (TPSA) is 113 Å². The van der Waals surface area contributed by atoms with E-state index in [2.05, 4.69) is 27.1 Å². The molecule has 1 unspecified atom stereocenters. The number of pyridine rings is 1. The van der Waals surface area contributed by atoms with E-state index in [1.54, 1.807) is 13.0 Å². The number of fused-ring (bicyclic) bond motifs is 1. The van der Waals surface area contributed by atoms with Gasteiger partial charge in [-0.25, -0.2) is 23.4 Å². The second-order valence-corrected chi connectivity index (χ2v) is 10.4. The van der Waals surface area contributed by atoms with E-state index in [1.807, 2.05) is 25.2 Å². The molecule has 32 heavy (non-hydrogen) atoms. The van der Waals surface area contributed by atoms with Gasteiger partial charge in [0.2, 0.25) is 0 Å². The van der Waals surface area contributed by atoms with Crippen molar-refractivity contribution in [2.45, 2.75) is 38.6 Å². The van der Waals surface area contributed by atoms with Crippen molar-refractivity contribution in [3.63, 3.8) is 0 Å². The predicted octanol–water partition coefficient (Wildman–Crippen LogP) is 2.29. The molecule has 10 heteroatoms. The molecule has 0 amide bonds. The van der Waals surface area contributed by atoms with Crippen LogP contribution >= 0.6 is 0 Å². The lowest BCUT2D eigenvalue weighted by Gasteiger charge is -2.36. The van der Waals surface area contributed by atoms with Gasteiger partial charge in [0.1, 0.15) is 11.5 Å². The molecule has 172 valence electrons. The van der Waals surface area contributed by atoms with Crippen molar-refractivity contribution in [3.8, 4) is 11.5 Å². The molecule has 9 nitrogen and oxygen atoms in total. The van der Waals surface area contributed by atoms with E-state index < -0.39 is 9.84 Å². The van der Waals surface area contributed by atoms with Gasteiger partial charge in [-0.2, -0.15) is 0 Å². The Hall–Kier alpha value is -2.56. The third-order valence-corrected chi connectivity index (χ3v) is 7.31. The second-order valence-electron chi connectivity index (χ2n) is 8.00. The van der Waals surface area contributed by atoms with Crippen LogP contribution in [0.25, 0.3) is 22.6 Å². The molecule has 3 aromatic rings. The Morgan fingerprint density at radius 1 is 1.22 bits per heavy atom. The van der Waals surface area contributed by atoms with Crippen molar-refractivity contribution in [3.05, 3.63) is 35.7 Å². The Balaban J connectivity index is 1.78. The maximum atomic E-state index is 12.3. The van der Waals surface area contributed by atoms with Gasteiger partial charge < -0.3 is 19.9 Å². The summed E-state index contributed by atoms with van der Waals surface area (Å²) in [5.41, 5.74) is 3.90. The number of nitrogens with zero attached hydrogens (tertiary/aromatic N) is 4. The van der Waals surface area contributed by atoms with Gasteiger partial charge in [0.25, 0.3) is 0 Å². The van der Waals surface area contributed by atoms with E-state index in [1.165, 1.54) is 0 Å². The molecule has 0 radical (unpaired) electrons. The number of ether oxygens (including phenoxy) is 1. The van der Waals surface area contributed by atoms with Crippen molar-refractivity contribution in [1.29, 1.82) is 0 Å². The zero-order valence-corrected chi connectivity index (χ0v) is 19.6. The standard InChI is InChI=1S/C22H30N6O3S/c1-4-17-13-31-9-8-28(17)21-11-16(14-32(29,30)5-2)25-22(27-21)19-7-6-18-20(26-19)10-15(24-18)12-23-3/h6-7,10-11,17,23-24H,4-5,8-9,12-14H2,1-3H3. The van der Waals surface area contributed by atoms with Crippen LogP contribution in [-0.2, 0) is 26.9 Å². The Bertz CT molecular complexity index is 1190. The lowest BCUT2D eigenvalue weighted by molar-refractivity contribution is 0.0925. The summed E-state index contributed by atoms with van der Waals surface area (Å²) in [5, 5.41) is 3.12. The minimum absolute atomic E-state index is 0.0681. The monoisotopic (exact) mass is 458 g/mol. The van der Waals surface area contributed by atoms with Crippen LogP contribution < -0.4 is 10.2 Å². The first-order chi connectivity index (χ1) is 15.4. The largest absolute Gasteiger partial charge is 0.377 e. The summed E-state index contributed by atoms with van der Waals surface area (Å²) in [6.07, 6.45) is 0.906. The normalized spacial score (nSPS) is 17.2. The molecule has 2 N–H and O–H groups in total. The smallest absolute Gasteiger partial charge is 0.180 e. The third-order valence-electron chi connectivity index (χ3n) is 5.69. The van der Waals surface area contributed by atoms with E-state index >= 15 is 0 Å². The zero-order chi connectivity index (χ0) is 22.7. The van der Waals surface area contributed by atoms with E-state index in [-0.39, 0.29) is 17.5 Å². The highest BCUT2D eigenvalue weighted by atomic mass is 32.2. The van der Waals surface area contributed by atoms with E-state index in [9.17, 15) is 8.42 Å². The molecule has 0 saturated carbocycles. The Morgan fingerprint density at radius 2 is 2.06 bits per heavy atom. The first-order valence-corrected chi connectivity index (χ1v) is 12.8. The van der Waals surface area contributed by atoms with Gasteiger partial charge in [-0.3, -0.25) is 0 Å². The van der Waals surface area contributed by atoms with Crippen molar-refractivity contribution in [2.75, 3.05) is 37.5 Å². The molecule has 0 bridgehead atoms. The van der Waals surface area contributed by atoms with Crippen LogP contribution in [0.15, 0.2) is 24.3 Å². The fourth-order valence-corrected chi connectivity index (χ4v) is 4.72. The van der Waals surface area contributed by atoms with Crippen LogP contribution in [0, 0.1) is 0 Å². The number of sulfone groups is 1. The molecule has 1 saturated heterocycles. The predicted molar refractivity (Wildman–Crippen MR) is 125 cm³/mol. The Labute approximate surface area is 188 Å². The molecule has 0 aliphatic carbocycles. The summed E-state index contributed by atoms with van der Waals surface area (Å²) in [6, 6.07) is 7.81. The number of morpholine rings is 1. The SMILES string of the molecule is CCC1COCCN1c1cc(CS(=O)(=O)CC)nc(-c2ccc3[nH]c(CNC)cc3n2)n1. The highest BCUT2D eigenvalue weighted by molar-refractivity contribution is 7.90. The molecule has 4 rings (SSSR count). The van der Waals surface area contributed by atoms with Crippen molar-refractivity contribution < 1.29 is 13.2 Å². The van der Waals surface area contributed by atoms with Crippen molar-refractivity contribution in [2.24, 2.45) is 0 Å². The van der Waals surface area contributed by atoms with Crippen LogP contribution in [0.2, 0.25) is 0 Å². The summed E-state index contributed by atoms with van der Waals surface area (Å²) in [6.45, 7) is 6.41. The molecule has 1 fully saturated rings. The zero-order valence-electron chi connectivity index (χ0n) is 18.8. The van der Waals surface area contributed by atoms with Gasteiger partial charge in [0, 0.05) is 30.6 Å². The molecule has 1 aliphatic heterocycles. The number of nitrogens with one attached hydrogen (secondary N) is 2. The maximum Gasteiger partial charge on any atom is 0.180 e. The number of hydrogen-bond donors (Lipinski definition) is 2. The lowest BCUT2D eigenvalue weighted by atomic mass is 10.1. The molecule has 0 spiro atoms. The number of aromatic amines is 1. The quantitative estimate of drug-likeness (QED) is 0.529. The first kappa shape index (κ1) is 22.6. The molecule has 0 aromatic carbocycles. The van der Waals surface area contributed by atoms with E-state index in [4.69, 9.17) is 14.7 Å². The van der Waals surface area contributed by atoms with E-state index in [0.717, 1.165) is 29.0 Å². The Kier molecular flexibility index (Phi) is 6.73. The average Bonchev–Trinajstić information content (AvgIpc) is 3.20. The molecule has 3 aromatic heterocycles. The highest BCUT2D eigenvalue weighted by Crippen LogP contribution is 2.25. The number of anilines is 1. The third kappa shape index (κ3) is 4.92. The van der Waals surface area contributed by atoms with Gasteiger partial charge in [0.05, 0.1) is 41.7 Å². The second kappa shape index (κ2) is 9.51. The molecule has 1 aliphatic rings. The molecular weight excluding hydrogens is 428 g/mol. The summed E-state index contributed by atoms with van der Waals surface area (Å²) in [7, 11) is -1.35. The van der Waals surface area contributed by atoms with Gasteiger partial charge in [-0.05, 0) is 31.7 Å². The van der Waals surface area contributed by atoms with Crippen LogP contribution in [0.5, 0.6) is 0 Å².